The van der Waals surface area contributed by atoms with Gasteiger partial charge in [-0.3, -0.25) is 0 Å². The Hall–Kier alpha value is -2.11. The van der Waals surface area contributed by atoms with E-state index in [2.05, 4.69) is 14.9 Å². The summed E-state index contributed by atoms with van der Waals surface area (Å²) in [6.07, 6.45) is 3.80. The number of benzene rings is 1. The molecule has 4 rings (SSSR count). The van der Waals surface area contributed by atoms with Crippen LogP contribution in [-0.4, -0.2) is 34.7 Å². The van der Waals surface area contributed by atoms with Gasteiger partial charge < -0.3 is 14.6 Å². The second-order valence-corrected chi connectivity index (χ2v) is 6.42. The first-order chi connectivity index (χ1) is 11.8. The highest BCUT2D eigenvalue weighted by Crippen LogP contribution is 2.35. The molecule has 1 saturated heterocycles. The van der Waals surface area contributed by atoms with Crippen molar-refractivity contribution in [1.29, 1.82) is 0 Å². The first-order valence-corrected chi connectivity index (χ1v) is 8.53. The predicted octanol–water partition coefficient (Wildman–Crippen LogP) is 3.68. The van der Waals surface area contributed by atoms with Gasteiger partial charge in [0.2, 0.25) is 0 Å². The van der Waals surface area contributed by atoms with Crippen LogP contribution in [0.3, 0.4) is 0 Å². The average molecular weight is 343 g/mol. The number of hydrogen-bond donors (Lipinski definition) is 1. The van der Waals surface area contributed by atoms with E-state index >= 15 is 0 Å². The molecule has 0 amide bonds. The van der Waals surface area contributed by atoms with E-state index in [-0.39, 0.29) is 0 Å². The molecule has 1 aliphatic heterocycles. The number of fused-ring (bicyclic) bond motifs is 1. The Labute approximate surface area is 145 Å². The van der Waals surface area contributed by atoms with Crippen molar-refractivity contribution in [2.24, 2.45) is 0 Å². The molecule has 0 bridgehead atoms. The summed E-state index contributed by atoms with van der Waals surface area (Å²) < 4.78 is 7.80. The van der Waals surface area contributed by atoms with Crippen LogP contribution in [-0.2, 0) is 0 Å². The molecule has 0 saturated carbocycles. The van der Waals surface area contributed by atoms with Gasteiger partial charge in [0.25, 0.3) is 0 Å². The van der Waals surface area contributed by atoms with Crippen LogP contribution in [0.25, 0.3) is 22.6 Å². The van der Waals surface area contributed by atoms with Gasteiger partial charge in [-0.25, -0.2) is 9.97 Å². The highest BCUT2D eigenvalue weighted by Gasteiger charge is 2.24. The largest absolute Gasteiger partial charge is 0.496 e. The number of methoxy groups -OCH3 is 1. The molecule has 1 aliphatic rings. The van der Waals surface area contributed by atoms with E-state index in [1.807, 2.05) is 30.3 Å². The van der Waals surface area contributed by atoms with E-state index in [0.29, 0.717) is 11.1 Å². The van der Waals surface area contributed by atoms with Crippen molar-refractivity contribution in [3.8, 4) is 17.1 Å². The minimum atomic E-state index is 0.366. The summed E-state index contributed by atoms with van der Waals surface area (Å²) in [5.74, 6) is 1.71. The summed E-state index contributed by atoms with van der Waals surface area (Å²) in [6, 6.07) is 10.2. The third-order valence-corrected chi connectivity index (χ3v) is 4.72. The number of para-hydroxylation sites is 1. The Morgan fingerprint density at radius 3 is 2.83 bits per heavy atom. The number of pyridine rings is 1. The molecule has 5 nitrogen and oxygen atoms in total. The second-order valence-electron chi connectivity index (χ2n) is 5.98. The van der Waals surface area contributed by atoms with Crippen molar-refractivity contribution in [1.82, 2.24) is 19.9 Å². The van der Waals surface area contributed by atoms with Crippen molar-refractivity contribution >= 4 is 22.8 Å². The zero-order valence-electron chi connectivity index (χ0n) is 13.5. The lowest BCUT2D eigenvalue weighted by atomic mass is 10.1. The fourth-order valence-electron chi connectivity index (χ4n) is 3.39. The zero-order chi connectivity index (χ0) is 16.5. The van der Waals surface area contributed by atoms with Crippen LogP contribution in [0.5, 0.6) is 5.75 Å². The lowest BCUT2D eigenvalue weighted by Crippen LogP contribution is -2.29. The molecule has 1 fully saturated rings. The van der Waals surface area contributed by atoms with Gasteiger partial charge in [-0.15, -0.1) is 0 Å². The van der Waals surface area contributed by atoms with Crippen LogP contribution < -0.4 is 10.1 Å². The normalized spacial score (nSPS) is 15.8. The summed E-state index contributed by atoms with van der Waals surface area (Å²) in [5.41, 5.74) is 2.68. The van der Waals surface area contributed by atoms with Gasteiger partial charge in [-0.2, -0.15) is 0 Å². The maximum Gasteiger partial charge on any atom is 0.160 e. The number of ether oxygens (including phenoxy) is 1. The number of rotatable bonds is 3. The van der Waals surface area contributed by atoms with Crippen molar-refractivity contribution < 1.29 is 4.74 Å². The molecule has 0 aliphatic carbocycles. The fraction of sp³-hybridized carbons (Fsp3) is 0.333. The van der Waals surface area contributed by atoms with Crippen LogP contribution in [0, 0.1) is 0 Å². The molecule has 1 N–H and O–H groups in total. The third-order valence-electron chi connectivity index (χ3n) is 4.52. The first kappa shape index (κ1) is 15.4. The average Bonchev–Trinajstić information content (AvgIpc) is 3.00. The lowest BCUT2D eigenvalue weighted by Gasteiger charge is -2.26. The molecular formula is C18H19ClN4O. The van der Waals surface area contributed by atoms with Crippen LogP contribution in [0.4, 0.5) is 0 Å². The quantitative estimate of drug-likeness (QED) is 0.788. The molecule has 3 aromatic rings. The molecule has 2 aromatic heterocycles. The van der Waals surface area contributed by atoms with E-state index in [4.69, 9.17) is 21.3 Å². The number of piperidine rings is 1. The number of aromatic nitrogens is 3. The maximum absolute atomic E-state index is 6.12. The maximum atomic E-state index is 6.12. The molecule has 6 heteroatoms. The summed E-state index contributed by atoms with van der Waals surface area (Å²) in [4.78, 5) is 9.41. The molecule has 1 aromatic carbocycles. The smallest absolute Gasteiger partial charge is 0.160 e. The minimum absolute atomic E-state index is 0.366. The Bertz CT molecular complexity index is 871. The van der Waals surface area contributed by atoms with Crippen molar-refractivity contribution in [3.63, 3.8) is 0 Å². The monoisotopic (exact) mass is 342 g/mol. The highest BCUT2D eigenvalue weighted by atomic mass is 35.5. The van der Waals surface area contributed by atoms with E-state index < -0.39 is 0 Å². The van der Waals surface area contributed by atoms with E-state index in [0.717, 1.165) is 54.2 Å². The van der Waals surface area contributed by atoms with Crippen molar-refractivity contribution in [2.45, 2.75) is 18.9 Å². The Morgan fingerprint density at radius 1 is 1.25 bits per heavy atom. The molecule has 0 atom stereocenters. The number of nitrogens with zero attached hydrogens (tertiary/aromatic N) is 3. The van der Waals surface area contributed by atoms with E-state index in [1.54, 1.807) is 13.3 Å². The Balaban J connectivity index is 1.96. The molecular weight excluding hydrogens is 324 g/mol. The number of nitrogens with one attached hydrogen (secondary N) is 1. The van der Waals surface area contributed by atoms with Gasteiger partial charge in [-0.05, 0) is 44.1 Å². The van der Waals surface area contributed by atoms with Crippen LogP contribution in [0.1, 0.15) is 18.9 Å². The minimum Gasteiger partial charge on any atom is -0.496 e. The molecule has 124 valence electrons. The second kappa shape index (κ2) is 6.42. The molecule has 3 heterocycles. The topological polar surface area (TPSA) is 52.0 Å². The standard InChI is InChI=1S/C18H19ClN4O/c1-24-16-5-3-2-4-14(16)17-22-15-10-12(19)11-21-18(15)23(17)13-6-8-20-9-7-13/h2-5,10-11,13,20H,6-9H2,1H3. The summed E-state index contributed by atoms with van der Waals surface area (Å²) in [7, 11) is 1.69. The summed E-state index contributed by atoms with van der Waals surface area (Å²) in [6.45, 7) is 2.01. The summed E-state index contributed by atoms with van der Waals surface area (Å²) in [5, 5.41) is 4.02. The van der Waals surface area contributed by atoms with Crippen LogP contribution in [0.2, 0.25) is 5.02 Å². The SMILES string of the molecule is COc1ccccc1-c1nc2cc(Cl)cnc2n1C1CCNCC1. The Kier molecular flexibility index (Phi) is 4.12. The van der Waals surface area contributed by atoms with Crippen LogP contribution in [0.15, 0.2) is 36.5 Å². The molecule has 0 unspecified atom stereocenters. The van der Waals surface area contributed by atoms with Crippen molar-refractivity contribution in [3.05, 3.63) is 41.6 Å². The molecule has 0 spiro atoms. The Morgan fingerprint density at radius 2 is 2.04 bits per heavy atom. The summed E-state index contributed by atoms with van der Waals surface area (Å²) >= 11 is 6.12. The molecule has 24 heavy (non-hydrogen) atoms. The van der Waals surface area contributed by atoms with Gasteiger partial charge in [0.1, 0.15) is 17.1 Å². The van der Waals surface area contributed by atoms with Gasteiger partial charge in [0, 0.05) is 12.2 Å². The first-order valence-electron chi connectivity index (χ1n) is 8.15. The zero-order valence-corrected chi connectivity index (χ0v) is 14.3. The number of halogens is 1. The third kappa shape index (κ3) is 2.64. The van der Waals surface area contributed by atoms with Crippen molar-refractivity contribution in [2.75, 3.05) is 20.2 Å². The lowest BCUT2D eigenvalue weighted by molar-refractivity contribution is 0.375. The molecule has 0 radical (unpaired) electrons. The number of imidazole rings is 1. The van der Waals surface area contributed by atoms with Gasteiger partial charge in [0.15, 0.2) is 5.65 Å². The fourth-order valence-corrected chi connectivity index (χ4v) is 3.54. The van der Waals surface area contributed by atoms with Crippen LogP contribution >= 0.6 is 11.6 Å². The van der Waals surface area contributed by atoms with E-state index in [1.165, 1.54) is 0 Å². The van der Waals surface area contributed by atoms with Gasteiger partial charge in [0.05, 0.1) is 17.7 Å². The van der Waals surface area contributed by atoms with Gasteiger partial charge in [-0.1, -0.05) is 23.7 Å². The number of hydrogen-bond acceptors (Lipinski definition) is 4. The predicted molar refractivity (Wildman–Crippen MR) is 95.7 cm³/mol. The van der Waals surface area contributed by atoms with Gasteiger partial charge >= 0.3 is 0 Å². The highest BCUT2D eigenvalue weighted by molar-refractivity contribution is 6.31. The van der Waals surface area contributed by atoms with E-state index in [9.17, 15) is 0 Å².